The zero-order valence-electron chi connectivity index (χ0n) is 19.9. The molecule has 0 bridgehead atoms. The molecule has 1 aromatic heterocycles. The molecule has 0 radical (unpaired) electrons. The number of aromatic nitrogens is 2. The highest BCUT2D eigenvalue weighted by Crippen LogP contribution is 2.32. The van der Waals surface area contributed by atoms with Crippen molar-refractivity contribution >= 4 is 34.6 Å². The van der Waals surface area contributed by atoms with E-state index in [-0.39, 0.29) is 28.1 Å². The van der Waals surface area contributed by atoms with E-state index in [4.69, 9.17) is 19.3 Å². The van der Waals surface area contributed by atoms with Gasteiger partial charge in [-0.25, -0.2) is 18.4 Å². The Hall–Kier alpha value is -3.31. The average molecular weight is 536 g/mol. The van der Waals surface area contributed by atoms with Gasteiger partial charge in [-0.1, -0.05) is 0 Å². The maximum atomic E-state index is 12.8. The lowest BCUT2D eigenvalue weighted by Gasteiger charge is -2.14. The molecule has 3 N–H and O–H groups in total. The van der Waals surface area contributed by atoms with Gasteiger partial charge in [-0.2, -0.15) is 0 Å². The van der Waals surface area contributed by atoms with Gasteiger partial charge >= 0.3 is 7.60 Å². The first-order chi connectivity index (χ1) is 16.8. The molecule has 0 aliphatic carbocycles. The van der Waals surface area contributed by atoms with Crippen molar-refractivity contribution in [3.63, 3.8) is 0 Å². The summed E-state index contributed by atoms with van der Waals surface area (Å²) in [6.07, 6.45) is 1.72. The Morgan fingerprint density at radius 1 is 0.944 bits per heavy atom. The SMILES string of the molecule is CC(C)Oc1cc(Oc2ccc(S(=O)(=O)C(C)C)cc2)cc(C(=O)Nc2cnc(P(=O)(O)O)cn2)c1. The van der Waals surface area contributed by atoms with Crippen molar-refractivity contribution in [2.45, 2.75) is 43.9 Å². The lowest BCUT2D eigenvalue weighted by molar-refractivity contribution is 0.102. The zero-order chi connectivity index (χ0) is 26.7. The standard InChI is InChI=1S/C23H26N3O8PS/c1-14(2)33-18-9-16(23(27)26-21-12-25-22(13-24-21)35(28,29)30)10-19(11-18)34-17-5-7-20(8-6-17)36(31,32)15(3)4/h5-15H,1-4H3,(H,24,26,27)(H2,28,29,30). The summed E-state index contributed by atoms with van der Waals surface area (Å²) in [6, 6.07) is 10.5. The van der Waals surface area contributed by atoms with Crippen LogP contribution in [0.2, 0.25) is 0 Å². The number of nitrogens with zero attached hydrogens (tertiary/aromatic N) is 2. The van der Waals surface area contributed by atoms with Crippen LogP contribution >= 0.6 is 7.60 Å². The number of amides is 1. The normalized spacial score (nSPS) is 12.0. The third-order valence-electron chi connectivity index (χ3n) is 4.70. The first kappa shape index (κ1) is 27.3. The highest BCUT2D eigenvalue weighted by Gasteiger charge is 2.21. The molecule has 0 unspecified atom stereocenters. The van der Waals surface area contributed by atoms with Crippen molar-refractivity contribution < 1.29 is 37.0 Å². The maximum Gasteiger partial charge on any atom is 0.376 e. The molecule has 3 rings (SSSR count). The summed E-state index contributed by atoms with van der Waals surface area (Å²) < 4.78 is 47.5. The molecule has 13 heteroatoms. The van der Waals surface area contributed by atoms with Crippen LogP contribution in [0, 0.1) is 0 Å². The van der Waals surface area contributed by atoms with E-state index in [1.165, 1.54) is 36.4 Å². The molecule has 1 amide bonds. The Balaban J connectivity index is 1.85. The highest BCUT2D eigenvalue weighted by atomic mass is 32.2. The smallest absolute Gasteiger partial charge is 0.376 e. The van der Waals surface area contributed by atoms with E-state index in [0.717, 1.165) is 12.4 Å². The minimum atomic E-state index is -4.56. The summed E-state index contributed by atoms with van der Waals surface area (Å²) in [4.78, 5) is 38.7. The predicted octanol–water partition coefficient (Wildman–Crippen LogP) is 3.29. The Morgan fingerprint density at radius 2 is 1.58 bits per heavy atom. The molecule has 1 heterocycles. The summed E-state index contributed by atoms with van der Waals surface area (Å²) in [5.74, 6) is 0.363. The molecule has 0 saturated carbocycles. The van der Waals surface area contributed by atoms with Gasteiger partial charge < -0.3 is 24.6 Å². The molecule has 11 nitrogen and oxygen atoms in total. The number of benzene rings is 2. The molecule has 0 saturated heterocycles. The lowest BCUT2D eigenvalue weighted by atomic mass is 10.2. The second kappa shape index (κ2) is 10.8. The molecular weight excluding hydrogens is 509 g/mol. The van der Waals surface area contributed by atoms with E-state index in [0.29, 0.717) is 11.5 Å². The second-order valence-electron chi connectivity index (χ2n) is 8.28. The van der Waals surface area contributed by atoms with Crippen molar-refractivity contribution in [1.29, 1.82) is 0 Å². The molecular formula is C23H26N3O8PS. The largest absolute Gasteiger partial charge is 0.491 e. The van der Waals surface area contributed by atoms with Crippen LogP contribution in [-0.4, -0.2) is 45.4 Å². The fraction of sp³-hybridized carbons (Fsp3) is 0.261. The summed E-state index contributed by atoms with van der Waals surface area (Å²) in [5.41, 5.74) is -0.362. The van der Waals surface area contributed by atoms with Crippen LogP contribution in [0.5, 0.6) is 17.2 Å². The summed E-state index contributed by atoms with van der Waals surface area (Å²) in [6.45, 7) is 6.84. The number of carbonyl (C=O) groups is 1. The van der Waals surface area contributed by atoms with Crippen LogP contribution in [0.1, 0.15) is 38.1 Å². The van der Waals surface area contributed by atoms with Crippen molar-refractivity contribution in [3.05, 3.63) is 60.4 Å². The van der Waals surface area contributed by atoms with Crippen LogP contribution in [0.3, 0.4) is 0 Å². The zero-order valence-corrected chi connectivity index (χ0v) is 21.7. The molecule has 0 aliphatic rings. The summed E-state index contributed by atoms with van der Waals surface area (Å²) >= 11 is 0. The van der Waals surface area contributed by atoms with Gasteiger partial charge in [0.15, 0.2) is 21.1 Å². The minimum Gasteiger partial charge on any atom is -0.491 e. The topological polar surface area (TPSA) is 165 Å². The Bertz CT molecular complexity index is 1390. The minimum absolute atomic E-state index is 0.0169. The van der Waals surface area contributed by atoms with Gasteiger partial charge in [-0.05, 0) is 64.1 Å². The van der Waals surface area contributed by atoms with E-state index in [9.17, 15) is 17.8 Å². The quantitative estimate of drug-likeness (QED) is 0.346. The molecule has 3 aromatic rings. The molecule has 2 aromatic carbocycles. The van der Waals surface area contributed by atoms with Crippen LogP contribution in [0.15, 0.2) is 59.8 Å². The molecule has 192 valence electrons. The number of sulfone groups is 1. The number of nitrogens with one attached hydrogen (secondary N) is 1. The first-order valence-corrected chi connectivity index (χ1v) is 13.9. The van der Waals surface area contributed by atoms with E-state index in [2.05, 4.69) is 15.3 Å². The van der Waals surface area contributed by atoms with Gasteiger partial charge in [-0.3, -0.25) is 9.36 Å². The number of carbonyl (C=O) groups excluding carboxylic acids is 1. The molecule has 0 aliphatic heterocycles. The third kappa shape index (κ3) is 6.88. The van der Waals surface area contributed by atoms with Gasteiger partial charge in [0.05, 0.1) is 28.6 Å². The Morgan fingerprint density at radius 3 is 2.11 bits per heavy atom. The summed E-state index contributed by atoms with van der Waals surface area (Å²) in [5, 5.41) is 1.94. The van der Waals surface area contributed by atoms with Crippen LogP contribution < -0.4 is 20.2 Å². The molecule has 0 spiro atoms. The van der Waals surface area contributed by atoms with Gasteiger partial charge in [0, 0.05) is 11.6 Å². The third-order valence-corrected chi connectivity index (χ3v) is 7.70. The van der Waals surface area contributed by atoms with Crippen LogP contribution in [-0.2, 0) is 14.4 Å². The van der Waals surface area contributed by atoms with E-state index >= 15 is 0 Å². The number of ether oxygens (including phenoxy) is 2. The van der Waals surface area contributed by atoms with Crippen molar-refractivity contribution in [1.82, 2.24) is 9.97 Å². The van der Waals surface area contributed by atoms with Gasteiger partial charge in [0.25, 0.3) is 5.91 Å². The fourth-order valence-corrected chi connectivity index (χ4v) is 4.41. The van der Waals surface area contributed by atoms with Crippen LogP contribution in [0.4, 0.5) is 5.82 Å². The van der Waals surface area contributed by atoms with Gasteiger partial charge in [0.1, 0.15) is 17.2 Å². The number of anilines is 1. The number of rotatable bonds is 9. The predicted molar refractivity (Wildman–Crippen MR) is 133 cm³/mol. The fourth-order valence-electron chi connectivity index (χ4n) is 2.93. The summed E-state index contributed by atoms with van der Waals surface area (Å²) in [7, 11) is -7.99. The number of hydrogen-bond donors (Lipinski definition) is 3. The highest BCUT2D eigenvalue weighted by molar-refractivity contribution is 7.92. The lowest BCUT2D eigenvalue weighted by Crippen LogP contribution is -2.16. The van der Waals surface area contributed by atoms with Gasteiger partial charge in [-0.15, -0.1) is 0 Å². The van der Waals surface area contributed by atoms with E-state index in [1.807, 2.05) is 13.8 Å². The second-order valence-corrected chi connectivity index (χ2v) is 12.3. The maximum absolute atomic E-state index is 12.8. The number of hydrogen-bond acceptors (Lipinski definition) is 8. The van der Waals surface area contributed by atoms with Gasteiger partial charge in [0.2, 0.25) is 0 Å². The van der Waals surface area contributed by atoms with E-state index < -0.39 is 34.0 Å². The monoisotopic (exact) mass is 535 g/mol. The van der Waals surface area contributed by atoms with Crippen molar-refractivity contribution in [2.24, 2.45) is 0 Å². The first-order valence-electron chi connectivity index (χ1n) is 10.8. The molecule has 36 heavy (non-hydrogen) atoms. The van der Waals surface area contributed by atoms with Crippen molar-refractivity contribution in [2.75, 3.05) is 5.32 Å². The molecule has 0 fully saturated rings. The van der Waals surface area contributed by atoms with Crippen molar-refractivity contribution in [3.8, 4) is 17.2 Å². The van der Waals surface area contributed by atoms with E-state index in [1.54, 1.807) is 19.9 Å². The molecule has 0 atom stereocenters. The average Bonchev–Trinajstić information content (AvgIpc) is 2.78. The Labute approximate surface area is 208 Å². The van der Waals surface area contributed by atoms with Crippen LogP contribution in [0.25, 0.3) is 0 Å². The Kier molecular flexibility index (Phi) is 8.15.